The van der Waals surface area contributed by atoms with Gasteiger partial charge in [0, 0.05) is 35.9 Å². The standard InChI is InChI=1S/C14H11BN4O.C7H15NO/c1-15(9-16)13-5-6-19-14(18-13)12(8-17-19)10-3-2-4-11(20)7-10;1-7-3-2-4-8(7)5-6-9/h2-8,20H,1H3;7,9H,2-6H2,1H3. The fraction of sp³-hybridized carbons (Fsp3) is 0.381. The van der Waals surface area contributed by atoms with Gasteiger partial charge in [-0.25, -0.2) is 14.8 Å². The first kappa shape index (κ1) is 20.8. The van der Waals surface area contributed by atoms with Crippen molar-refractivity contribution in [3.05, 3.63) is 42.7 Å². The molecule has 0 aliphatic carbocycles. The number of aliphatic hydroxyl groups is 1. The molecule has 1 aromatic carbocycles. The summed E-state index contributed by atoms with van der Waals surface area (Å²) in [5.74, 6) is 2.37. The first-order valence-corrected chi connectivity index (χ1v) is 9.91. The molecule has 29 heavy (non-hydrogen) atoms. The van der Waals surface area contributed by atoms with E-state index >= 15 is 0 Å². The Morgan fingerprint density at radius 2 is 2.17 bits per heavy atom. The highest BCUT2D eigenvalue weighted by atomic mass is 16.3. The van der Waals surface area contributed by atoms with Crippen LogP contribution in [-0.4, -0.2) is 62.2 Å². The lowest BCUT2D eigenvalue weighted by Gasteiger charge is -2.18. The van der Waals surface area contributed by atoms with Crippen LogP contribution in [0.25, 0.3) is 16.8 Å². The van der Waals surface area contributed by atoms with Crippen molar-refractivity contribution in [2.24, 2.45) is 0 Å². The van der Waals surface area contributed by atoms with Crippen molar-refractivity contribution in [3.63, 3.8) is 0 Å². The zero-order valence-corrected chi connectivity index (χ0v) is 16.9. The van der Waals surface area contributed by atoms with Crippen LogP contribution < -0.4 is 5.59 Å². The summed E-state index contributed by atoms with van der Waals surface area (Å²) in [5, 5.41) is 31.4. The van der Waals surface area contributed by atoms with E-state index in [0.717, 1.165) is 17.7 Å². The van der Waals surface area contributed by atoms with Crippen molar-refractivity contribution in [2.75, 3.05) is 19.7 Å². The normalized spacial score (nSPS) is 16.3. The van der Waals surface area contributed by atoms with Gasteiger partial charge in [0.15, 0.2) is 5.65 Å². The summed E-state index contributed by atoms with van der Waals surface area (Å²) < 4.78 is 1.66. The Labute approximate surface area is 171 Å². The molecule has 0 spiro atoms. The molecule has 7 nitrogen and oxygen atoms in total. The fourth-order valence-electron chi connectivity index (χ4n) is 3.52. The van der Waals surface area contributed by atoms with Gasteiger partial charge in [-0.05, 0) is 50.1 Å². The van der Waals surface area contributed by atoms with Crippen molar-refractivity contribution in [3.8, 4) is 22.8 Å². The molecule has 0 bridgehead atoms. The number of aromatic hydroxyl groups is 1. The minimum Gasteiger partial charge on any atom is -0.508 e. The molecule has 0 saturated carbocycles. The predicted octanol–water partition coefficient (Wildman–Crippen LogP) is 1.96. The van der Waals surface area contributed by atoms with Gasteiger partial charge in [0.1, 0.15) is 5.75 Å². The molecule has 0 amide bonds. The highest BCUT2D eigenvalue weighted by Gasteiger charge is 2.18. The average Bonchev–Trinajstić information content (AvgIpc) is 3.34. The number of nitrogens with zero attached hydrogens (tertiary/aromatic N) is 5. The number of hydrogen-bond acceptors (Lipinski definition) is 6. The molecule has 2 N–H and O–H groups in total. The van der Waals surface area contributed by atoms with Gasteiger partial charge >= 0.3 is 6.71 Å². The largest absolute Gasteiger partial charge is 0.508 e. The first-order valence-electron chi connectivity index (χ1n) is 9.91. The van der Waals surface area contributed by atoms with Crippen LogP contribution in [-0.2, 0) is 0 Å². The number of phenols is 1. The van der Waals surface area contributed by atoms with Gasteiger partial charge in [-0.1, -0.05) is 19.0 Å². The van der Waals surface area contributed by atoms with Gasteiger partial charge in [-0.3, -0.25) is 4.90 Å². The minimum absolute atomic E-state index is 0.198. The maximum Gasteiger partial charge on any atom is 0.319 e. The van der Waals surface area contributed by atoms with Gasteiger partial charge in [0.25, 0.3) is 0 Å². The quantitative estimate of drug-likeness (QED) is 0.660. The Hall–Kier alpha value is -2.89. The lowest BCUT2D eigenvalue weighted by molar-refractivity contribution is 0.192. The lowest BCUT2D eigenvalue weighted by Crippen LogP contribution is -2.29. The van der Waals surface area contributed by atoms with E-state index in [1.54, 1.807) is 41.2 Å². The molecule has 3 heterocycles. The minimum atomic E-state index is -0.271. The summed E-state index contributed by atoms with van der Waals surface area (Å²) >= 11 is 0. The molecule has 1 unspecified atom stereocenters. The number of aliphatic hydroxyl groups excluding tert-OH is 1. The molecule has 8 heteroatoms. The Morgan fingerprint density at radius 1 is 1.34 bits per heavy atom. The van der Waals surface area contributed by atoms with Crippen molar-refractivity contribution >= 4 is 18.0 Å². The second-order valence-corrected chi connectivity index (χ2v) is 7.33. The van der Waals surface area contributed by atoms with E-state index in [4.69, 9.17) is 10.4 Å². The molecular weight excluding hydrogens is 365 g/mol. The van der Waals surface area contributed by atoms with E-state index in [9.17, 15) is 5.11 Å². The number of rotatable bonds is 4. The molecule has 1 aliphatic rings. The first-order chi connectivity index (χ1) is 14.0. The SMILES string of the molecule is CB(C#N)c1ccn2ncc(-c3cccc(O)c3)c2n1.CC1CCCN1CCO. The van der Waals surface area contributed by atoms with E-state index in [-0.39, 0.29) is 12.5 Å². The maximum atomic E-state index is 9.57. The maximum absolute atomic E-state index is 9.57. The monoisotopic (exact) mass is 391 g/mol. The van der Waals surface area contributed by atoms with Gasteiger partial charge < -0.3 is 10.2 Å². The predicted molar refractivity (Wildman–Crippen MR) is 114 cm³/mol. The van der Waals surface area contributed by atoms with Crippen molar-refractivity contribution in [1.29, 1.82) is 5.26 Å². The van der Waals surface area contributed by atoms with Gasteiger partial charge in [0.2, 0.25) is 0 Å². The van der Waals surface area contributed by atoms with E-state index in [0.29, 0.717) is 23.9 Å². The number of fused-ring (bicyclic) bond motifs is 1. The summed E-state index contributed by atoms with van der Waals surface area (Å²) in [4.78, 5) is 6.84. The topological polar surface area (TPSA) is 97.7 Å². The third kappa shape index (κ3) is 4.94. The summed E-state index contributed by atoms with van der Waals surface area (Å²) in [5.41, 5.74) is 3.05. The van der Waals surface area contributed by atoms with Crippen LogP contribution in [0.2, 0.25) is 6.82 Å². The third-order valence-corrected chi connectivity index (χ3v) is 5.26. The molecule has 1 atom stereocenters. The number of benzene rings is 1. The smallest absolute Gasteiger partial charge is 0.319 e. The van der Waals surface area contributed by atoms with Crippen LogP contribution in [0, 0.1) is 11.2 Å². The summed E-state index contributed by atoms with van der Waals surface area (Å²) in [6.07, 6.45) is 6.11. The van der Waals surface area contributed by atoms with E-state index in [1.807, 2.05) is 12.9 Å². The number of phenolic OH excluding ortho intramolecular Hbond substituents is 1. The van der Waals surface area contributed by atoms with Crippen molar-refractivity contribution in [2.45, 2.75) is 32.6 Å². The van der Waals surface area contributed by atoms with Gasteiger partial charge in [0.05, 0.1) is 12.8 Å². The summed E-state index contributed by atoms with van der Waals surface area (Å²) in [6, 6.07) is 9.44. The summed E-state index contributed by atoms with van der Waals surface area (Å²) in [7, 11) is 0. The molecule has 1 fully saturated rings. The number of likely N-dealkylation sites (tertiary alicyclic amines) is 1. The second kappa shape index (κ2) is 9.55. The fourth-order valence-corrected chi connectivity index (χ4v) is 3.52. The second-order valence-electron chi connectivity index (χ2n) is 7.33. The van der Waals surface area contributed by atoms with Crippen LogP contribution in [0.15, 0.2) is 42.7 Å². The van der Waals surface area contributed by atoms with Crippen LogP contribution in [0.4, 0.5) is 0 Å². The number of β-amino-alcohol motifs (C(OH)–C–C–N with tert-alkyl or cyclic N) is 1. The molecule has 2 aromatic heterocycles. The number of aromatic nitrogens is 3. The van der Waals surface area contributed by atoms with Crippen LogP contribution >= 0.6 is 0 Å². The highest BCUT2D eigenvalue weighted by molar-refractivity contribution is 6.78. The zero-order valence-electron chi connectivity index (χ0n) is 16.9. The molecule has 1 saturated heterocycles. The van der Waals surface area contributed by atoms with E-state index in [1.165, 1.54) is 19.4 Å². The third-order valence-electron chi connectivity index (χ3n) is 5.26. The van der Waals surface area contributed by atoms with E-state index < -0.39 is 0 Å². The van der Waals surface area contributed by atoms with Gasteiger partial charge in [-0.2, -0.15) is 5.10 Å². The van der Waals surface area contributed by atoms with Gasteiger partial charge in [-0.15, -0.1) is 0 Å². The average molecular weight is 391 g/mol. The van der Waals surface area contributed by atoms with Crippen molar-refractivity contribution in [1.82, 2.24) is 19.5 Å². The zero-order chi connectivity index (χ0) is 20.8. The molecule has 4 rings (SSSR count). The highest BCUT2D eigenvalue weighted by Crippen LogP contribution is 2.25. The van der Waals surface area contributed by atoms with Crippen LogP contribution in [0.1, 0.15) is 19.8 Å². The molecular formula is C21H26BN5O2. The number of hydrogen-bond donors (Lipinski definition) is 2. The molecule has 150 valence electrons. The molecule has 3 aromatic rings. The lowest BCUT2D eigenvalue weighted by atomic mass is 9.51. The van der Waals surface area contributed by atoms with Crippen molar-refractivity contribution < 1.29 is 10.2 Å². The molecule has 0 radical (unpaired) electrons. The Bertz CT molecular complexity index is 1000. The summed E-state index contributed by atoms with van der Waals surface area (Å²) in [6.45, 7) is 6.12. The van der Waals surface area contributed by atoms with Crippen LogP contribution in [0.5, 0.6) is 5.75 Å². The molecule has 1 aliphatic heterocycles. The van der Waals surface area contributed by atoms with E-state index in [2.05, 4.69) is 27.9 Å². The van der Waals surface area contributed by atoms with Crippen LogP contribution in [0.3, 0.4) is 0 Å². The Kier molecular flexibility index (Phi) is 6.86. The Morgan fingerprint density at radius 3 is 2.83 bits per heavy atom. The Balaban J connectivity index is 0.000000224. The number of nitriles is 1.